The normalized spacial score (nSPS) is 14.8. The van der Waals surface area contributed by atoms with E-state index in [9.17, 15) is 18.5 Å². The van der Waals surface area contributed by atoms with Crippen molar-refractivity contribution in [3.63, 3.8) is 0 Å². The van der Waals surface area contributed by atoms with E-state index in [-0.39, 0.29) is 28.7 Å². The fraction of sp³-hybridized carbons (Fsp3) is 0.500. The molecule has 0 fully saturated rings. The number of hydrogen-bond donors (Lipinski definition) is 3. The summed E-state index contributed by atoms with van der Waals surface area (Å²) < 4.78 is 22.6. The maximum absolute atomic E-state index is 11.3. The van der Waals surface area contributed by atoms with Crippen molar-refractivity contribution < 1.29 is 13.3 Å². The van der Waals surface area contributed by atoms with E-state index in [0.29, 0.717) is 0 Å². The Labute approximate surface area is 123 Å². The molecule has 0 spiro atoms. The van der Waals surface area contributed by atoms with E-state index in [1.165, 1.54) is 12.1 Å². The Balaban J connectivity index is 3.35. The summed E-state index contributed by atoms with van der Waals surface area (Å²) in [5.74, 6) is 0.111. The summed E-state index contributed by atoms with van der Waals surface area (Å²) in [6, 6.07) is 3.49. The van der Waals surface area contributed by atoms with E-state index >= 15 is 0 Å². The molecule has 21 heavy (non-hydrogen) atoms. The minimum atomic E-state index is -4.00. The molecule has 0 heterocycles. The topological polar surface area (TPSA) is 141 Å². The molecule has 1 aromatic carbocycles. The van der Waals surface area contributed by atoms with Crippen LogP contribution in [0.25, 0.3) is 0 Å². The molecule has 0 saturated heterocycles. The molecule has 0 aliphatic carbocycles. The highest BCUT2D eigenvalue weighted by Crippen LogP contribution is 2.31. The third-order valence-corrected chi connectivity index (χ3v) is 4.52. The van der Waals surface area contributed by atoms with Gasteiger partial charge in [-0.25, -0.2) is 13.6 Å². The Morgan fingerprint density at radius 3 is 2.38 bits per heavy atom. The second-order valence-corrected chi connectivity index (χ2v) is 6.94. The van der Waals surface area contributed by atoms with E-state index in [4.69, 9.17) is 10.9 Å². The molecule has 0 aliphatic heterocycles. The summed E-state index contributed by atoms with van der Waals surface area (Å²) in [5.41, 5.74) is 5.01. The number of sulfonamides is 1. The molecule has 118 valence electrons. The van der Waals surface area contributed by atoms with Crippen molar-refractivity contribution >= 4 is 21.4 Å². The lowest BCUT2D eigenvalue weighted by Crippen LogP contribution is -2.47. The van der Waals surface area contributed by atoms with Gasteiger partial charge in [-0.3, -0.25) is 10.1 Å². The Bertz CT molecular complexity index is 645. The van der Waals surface area contributed by atoms with Gasteiger partial charge in [-0.15, -0.1) is 0 Å². The molecule has 9 heteroatoms. The van der Waals surface area contributed by atoms with Gasteiger partial charge in [-0.2, -0.15) is 0 Å². The fourth-order valence-corrected chi connectivity index (χ4v) is 2.22. The Hall–Kier alpha value is -1.71. The molecule has 1 unspecified atom stereocenters. The minimum Gasteiger partial charge on any atom is -0.373 e. The summed E-state index contributed by atoms with van der Waals surface area (Å²) in [6.07, 6.45) is 0. The van der Waals surface area contributed by atoms with Crippen LogP contribution >= 0.6 is 0 Å². The zero-order valence-corrected chi connectivity index (χ0v) is 13.0. The van der Waals surface area contributed by atoms with Crippen LogP contribution in [0.5, 0.6) is 0 Å². The second kappa shape index (κ2) is 5.96. The molecule has 0 amide bonds. The number of nitrogens with two attached hydrogens (primary N) is 2. The number of nitro groups is 1. The zero-order chi connectivity index (χ0) is 16.4. The van der Waals surface area contributed by atoms with Crippen LogP contribution in [0.15, 0.2) is 23.1 Å². The molecular weight excluding hydrogens is 296 g/mol. The molecule has 0 aliphatic rings. The summed E-state index contributed by atoms with van der Waals surface area (Å²) in [5, 5.41) is 19.2. The van der Waals surface area contributed by atoms with Crippen LogP contribution in [0.4, 0.5) is 11.4 Å². The molecule has 5 N–H and O–H groups in total. The van der Waals surface area contributed by atoms with E-state index in [0.717, 1.165) is 6.07 Å². The van der Waals surface area contributed by atoms with Gasteiger partial charge >= 0.3 is 0 Å². The van der Waals surface area contributed by atoms with Crippen molar-refractivity contribution in [2.45, 2.75) is 31.2 Å². The number of nitro benzene ring substituents is 1. The summed E-state index contributed by atoms with van der Waals surface area (Å²) in [7, 11) is -4.00. The highest BCUT2D eigenvalue weighted by atomic mass is 32.2. The van der Waals surface area contributed by atoms with E-state index in [1.54, 1.807) is 0 Å². The van der Waals surface area contributed by atoms with Crippen molar-refractivity contribution in [1.29, 1.82) is 0 Å². The lowest BCUT2D eigenvalue weighted by molar-refractivity contribution is -0.384. The van der Waals surface area contributed by atoms with Crippen molar-refractivity contribution in [3.05, 3.63) is 28.3 Å². The van der Waals surface area contributed by atoms with Gasteiger partial charge in [-0.1, -0.05) is 13.8 Å². The van der Waals surface area contributed by atoms with Crippen LogP contribution in [0.1, 0.15) is 20.8 Å². The first-order valence-electron chi connectivity index (χ1n) is 6.31. The van der Waals surface area contributed by atoms with Crippen LogP contribution in [0.2, 0.25) is 0 Å². The number of benzene rings is 1. The second-order valence-electron chi connectivity index (χ2n) is 5.38. The maximum atomic E-state index is 11.3. The number of hydrogen-bond acceptors (Lipinski definition) is 6. The lowest BCUT2D eigenvalue weighted by atomic mass is 9.88. The van der Waals surface area contributed by atoms with E-state index in [2.05, 4.69) is 5.32 Å². The lowest BCUT2D eigenvalue weighted by Gasteiger charge is -2.34. The van der Waals surface area contributed by atoms with Crippen LogP contribution in [0, 0.1) is 16.0 Å². The first-order chi connectivity index (χ1) is 9.51. The number of rotatable bonds is 6. The molecule has 1 aromatic rings. The summed E-state index contributed by atoms with van der Waals surface area (Å²) in [6.45, 7) is 5.97. The van der Waals surface area contributed by atoms with Gasteiger partial charge < -0.3 is 11.1 Å². The first kappa shape index (κ1) is 17.3. The van der Waals surface area contributed by atoms with Crippen molar-refractivity contribution in [2.75, 3.05) is 11.9 Å². The molecular formula is C12H20N4O4S. The van der Waals surface area contributed by atoms with Gasteiger partial charge in [0.15, 0.2) is 0 Å². The third kappa shape index (κ3) is 3.90. The number of anilines is 1. The van der Waals surface area contributed by atoms with Gasteiger partial charge in [0.1, 0.15) is 5.69 Å². The molecule has 0 bridgehead atoms. The zero-order valence-electron chi connectivity index (χ0n) is 12.2. The largest absolute Gasteiger partial charge is 0.373 e. The van der Waals surface area contributed by atoms with Crippen LogP contribution in [-0.2, 0) is 10.0 Å². The van der Waals surface area contributed by atoms with E-state index < -0.39 is 20.5 Å². The molecule has 8 nitrogen and oxygen atoms in total. The average Bonchev–Trinajstić information content (AvgIpc) is 2.37. The fourth-order valence-electron chi connectivity index (χ4n) is 1.68. The minimum absolute atomic E-state index is 0.111. The van der Waals surface area contributed by atoms with Crippen LogP contribution < -0.4 is 16.2 Å². The van der Waals surface area contributed by atoms with Gasteiger partial charge in [0, 0.05) is 18.2 Å². The van der Waals surface area contributed by atoms with Gasteiger partial charge in [0.2, 0.25) is 10.0 Å². The summed E-state index contributed by atoms with van der Waals surface area (Å²) in [4.78, 5) is 10.2. The smallest absolute Gasteiger partial charge is 0.293 e. The number of nitrogens with zero attached hydrogens (tertiary/aromatic N) is 1. The van der Waals surface area contributed by atoms with Crippen LogP contribution in [0.3, 0.4) is 0 Å². The molecule has 1 atom stereocenters. The predicted octanol–water partition coefficient (Wildman–Crippen LogP) is 1.03. The molecule has 0 radical (unpaired) electrons. The Kier molecular flexibility index (Phi) is 4.92. The van der Waals surface area contributed by atoms with Gasteiger partial charge in [0.05, 0.1) is 9.82 Å². The van der Waals surface area contributed by atoms with Crippen molar-refractivity contribution in [1.82, 2.24) is 0 Å². The molecule has 0 aromatic heterocycles. The Morgan fingerprint density at radius 2 is 2.00 bits per heavy atom. The standard InChI is InChI=1S/C12H20N4O4S/c1-8(2)12(3,7-13)15-10-5-4-9(21(14,19)20)6-11(10)16(17)18/h4-6,8,15H,7,13H2,1-3H3,(H2,14,19,20). The number of nitrogens with one attached hydrogen (secondary N) is 1. The highest BCUT2D eigenvalue weighted by Gasteiger charge is 2.29. The first-order valence-corrected chi connectivity index (χ1v) is 7.85. The highest BCUT2D eigenvalue weighted by molar-refractivity contribution is 7.89. The van der Waals surface area contributed by atoms with Crippen molar-refractivity contribution in [3.8, 4) is 0 Å². The summed E-state index contributed by atoms with van der Waals surface area (Å²) >= 11 is 0. The number of primary sulfonamides is 1. The monoisotopic (exact) mass is 316 g/mol. The van der Waals surface area contributed by atoms with Crippen LogP contribution in [-0.4, -0.2) is 25.4 Å². The van der Waals surface area contributed by atoms with Gasteiger partial charge in [0.25, 0.3) is 5.69 Å². The molecule has 0 saturated carbocycles. The van der Waals surface area contributed by atoms with E-state index in [1.807, 2.05) is 20.8 Å². The Morgan fingerprint density at radius 1 is 1.43 bits per heavy atom. The third-order valence-electron chi connectivity index (χ3n) is 3.61. The SMILES string of the molecule is CC(C)C(C)(CN)Nc1ccc(S(N)(=O)=O)cc1[N+](=O)[O-]. The van der Waals surface area contributed by atoms with Gasteiger partial charge in [-0.05, 0) is 25.0 Å². The predicted molar refractivity (Wildman–Crippen MR) is 80.4 cm³/mol. The maximum Gasteiger partial charge on any atom is 0.293 e. The quantitative estimate of drug-likeness (QED) is 0.528. The van der Waals surface area contributed by atoms with Crippen molar-refractivity contribution in [2.24, 2.45) is 16.8 Å². The average molecular weight is 316 g/mol. The molecule has 1 rings (SSSR count).